The van der Waals surface area contributed by atoms with E-state index in [2.05, 4.69) is 117 Å². The first-order valence-electron chi connectivity index (χ1n) is 8.86. The summed E-state index contributed by atoms with van der Waals surface area (Å²) in [5.74, 6) is 0. The largest absolute Gasteiger partial charge is 0.145 e. The Morgan fingerprint density at radius 1 is 0.385 bits per heavy atom. The summed E-state index contributed by atoms with van der Waals surface area (Å²) in [5.41, 5.74) is 5.09. The summed E-state index contributed by atoms with van der Waals surface area (Å²) >= 11 is 0. The Hall–Kier alpha value is -2.63. The van der Waals surface area contributed by atoms with Crippen molar-refractivity contribution in [1.29, 1.82) is 0 Å². The number of rotatable bonds is 4. The van der Waals surface area contributed by atoms with Crippen LogP contribution in [0.3, 0.4) is 0 Å². The van der Waals surface area contributed by atoms with Crippen LogP contribution in [0.1, 0.15) is 0 Å². The van der Waals surface area contributed by atoms with E-state index >= 15 is 0 Å². The molecule has 0 unspecified atom stereocenters. The van der Waals surface area contributed by atoms with Gasteiger partial charge in [-0.1, -0.05) is 117 Å². The third-order valence-electron chi connectivity index (χ3n) is 4.72. The molecule has 0 amide bonds. The maximum absolute atomic E-state index is 2.34. The Balaban J connectivity index is 1.55. The van der Waals surface area contributed by atoms with E-state index in [0.717, 1.165) is 0 Å². The Labute approximate surface area is 157 Å². The molecular formula is C24H20BP. The van der Waals surface area contributed by atoms with Crippen molar-refractivity contribution in [3.63, 3.8) is 0 Å². The summed E-state index contributed by atoms with van der Waals surface area (Å²) in [7, 11) is 2.00. The van der Waals surface area contributed by atoms with E-state index in [1.165, 1.54) is 32.9 Å². The highest BCUT2D eigenvalue weighted by molar-refractivity contribution is 7.94. The third-order valence-corrected chi connectivity index (χ3v) is 6.87. The summed E-state index contributed by atoms with van der Waals surface area (Å²) in [6.45, 7) is 0. The molecule has 0 heterocycles. The van der Waals surface area contributed by atoms with Crippen LogP contribution >= 0.6 is 7.80 Å². The van der Waals surface area contributed by atoms with Crippen molar-refractivity contribution in [1.82, 2.24) is 0 Å². The minimum atomic E-state index is -0.333. The van der Waals surface area contributed by atoms with E-state index in [0.29, 0.717) is 0 Å². The standard InChI is InChI=1S/C24H20BP/c25-26(23-15-11-21(12-16-23)19-7-3-1-4-8-19)24-17-13-22(14-18-24)20-9-5-2-6-10-20/h1-18H,25H2. The van der Waals surface area contributed by atoms with Gasteiger partial charge in [0.2, 0.25) is 0 Å². The Morgan fingerprint density at radius 3 is 1.04 bits per heavy atom. The molecule has 0 aliphatic heterocycles. The normalized spacial score (nSPS) is 10.8. The molecule has 0 saturated carbocycles. The van der Waals surface area contributed by atoms with Crippen LogP contribution < -0.4 is 10.6 Å². The fraction of sp³-hybridized carbons (Fsp3) is 0. The predicted molar refractivity (Wildman–Crippen MR) is 118 cm³/mol. The zero-order valence-corrected chi connectivity index (χ0v) is 15.7. The quantitative estimate of drug-likeness (QED) is 0.359. The Bertz CT molecular complexity index is 879. The van der Waals surface area contributed by atoms with Gasteiger partial charge in [0.1, 0.15) is 7.57 Å². The summed E-state index contributed by atoms with van der Waals surface area (Å²) in [5, 5.41) is 2.82. The van der Waals surface area contributed by atoms with Crippen LogP contribution in [0.25, 0.3) is 22.3 Å². The molecular weight excluding hydrogens is 330 g/mol. The molecule has 0 fully saturated rings. The summed E-state index contributed by atoms with van der Waals surface area (Å²) < 4.78 is 0. The molecule has 2 heteroatoms. The molecule has 0 radical (unpaired) electrons. The highest BCUT2D eigenvalue weighted by atomic mass is 31.1. The molecule has 0 atom stereocenters. The fourth-order valence-corrected chi connectivity index (χ4v) is 4.66. The van der Waals surface area contributed by atoms with Gasteiger partial charge < -0.3 is 0 Å². The lowest BCUT2D eigenvalue weighted by Crippen LogP contribution is -2.11. The van der Waals surface area contributed by atoms with Gasteiger partial charge in [-0.25, -0.2) is 0 Å². The first kappa shape index (κ1) is 16.8. The van der Waals surface area contributed by atoms with Crippen molar-refractivity contribution in [2.45, 2.75) is 0 Å². The lowest BCUT2D eigenvalue weighted by molar-refractivity contribution is 1.63. The maximum atomic E-state index is 2.34. The highest BCUT2D eigenvalue weighted by Crippen LogP contribution is 2.30. The molecule has 4 aromatic rings. The van der Waals surface area contributed by atoms with Gasteiger partial charge in [0.15, 0.2) is 0 Å². The minimum Gasteiger partial charge on any atom is -0.0883 e. The van der Waals surface area contributed by atoms with Gasteiger partial charge in [0.05, 0.1) is 0 Å². The van der Waals surface area contributed by atoms with Crippen LogP contribution in [0.15, 0.2) is 109 Å². The molecule has 0 spiro atoms. The van der Waals surface area contributed by atoms with Crippen molar-refractivity contribution in [3.05, 3.63) is 109 Å². The van der Waals surface area contributed by atoms with E-state index in [-0.39, 0.29) is 7.80 Å². The minimum absolute atomic E-state index is 0.333. The van der Waals surface area contributed by atoms with Gasteiger partial charge >= 0.3 is 0 Å². The van der Waals surface area contributed by atoms with Crippen molar-refractivity contribution >= 4 is 26.0 Å². The van der Waals surface area contributed by atoms with Crippen LogP contribution in [0.2, 0.25) is 0 Å². The van der Waals surface area contributed by atoms with Gasteiger partial charge in [-0.3, -0.25) is 0 Å². The molecule has 0 aromatic heterocycles. The molecule has 4 rings (SSSR count). The molecule has 0 aliphatic rings. The average Bonchev–Trinajstić information content (AvgIpc) is 2.75. The average molecular weight is 350 g/mol. The summed E-state index contributed by atoms with van der Waals surface area (Å²) in [4.78, 5) is 0. The molecule has 0 saturated heterocycles. The molecule has 0 N–H and O–H groups in total. The van der Waals surface area contributed by atoms with E-state index in [9.17, 15) is 0 Å². The van der Waals surface area contributed by atoms with Crippen molar-refractivity contribution in [2.75, 3.05) is 0 Å². The van der Waals surface area contributed by atoms with Gasteiger partial charge in [0, 0.05) is 0 Å². The smallest absolute Gasteiger partial charge is 0.0883 e. The highest BCUT2D eigenvalue weighted by Gasteiger charge is 2.08. The number of benzene rings is 4. The lowest BCUT2D eigenvalue weighted by atomic mass is 10.1. The van der Waals surface area contributed by atoms with Crippen LogP contribution in [-0.2, 0) is 0 Å². The van der Waals surface area contributed by atoms with E-state index < -0.39 is 0 Å². The zero-order chi connectivity index (χ0) is 17.8. The van der Waals surface area contributed by atoms with Crippen LogP contribution in [0.4, 0.5) is 0 Å². The second-order valence-corrected chi connectivity index (χ2v) is 8.54. The first-order valence-corrected chi connectivity index (χ1v) is 10.6. The molecule has 124 valence electrons. The number of hydrogen-bond acceptors (Lipinski definition) is 0. The van der Waals surface area contributed by atoms with Crippen LogP contribution in [-0.4, -0.2) is 7.57 Å². The SMILES string of the molecule is BP(c1ccc(-c2ccccc2)cc1)c1ccc(-c2ccccc2)cc1. The van der Waals surface area contributed by atoms with E-state index in [1.807, 2.05) is 0 Å². The van der Waals surface area contributed by atoms with Gasteiger partial charge in [-0.15, -0.1) is 0 Å². The predicted octanol–water partition coefficient (Wildman–Crippen LogP) is 5.00. The molecule has 26 heavy (non-hydrogen) atoms. The molecule has 4 aromatic carbocycles. The van der Waals surface area contributed by atoms with Crippen LogP contribution in [0, 0.1) is 0 Å². The number of hydrogen-bond donors (Lipinski definition) is 0. The molecule has 0 bridgehead atoms. The van der Waals surface area contributed by atoms with E-state index in [4.69, 9.17) is 0 Å². The summed E-state index contributed by atoms with van der Waals surface area (Å²) in [6.07, 6.45) is 0. The zero-order valence-electron chi connectivity index (χ0n) is 14.8. The second kappa shape index (κ2) is 7.73. The van der Waals surface area contributed by atoms with Gasteiger partial charge in [0.25, 0.3) is 0 Å². The Morgan fingerprint density at radius 2 is 0.692 bits per heavy atom. The van der Waals surface area contributed by atoms with Gasteiger partial charge in [-0.2, -0.15) is 0 Å². The topological polar surface area (TPSA) is 0 Å². The maximum Gasteiger partial charge on any atom is 0.145 e. The van der Waals surface area contributed by atoms with E-state index in [1.54, 1.807) is 0 Å². The van der Waals surface area contributed by atoms with Crippen LogP contribution in [0.5, 0.6) is 0 Å². The second-order valence-electron chi connectivity index (χ2n) is 6.38. The Kier molecular flexibility index (Phi) is 5.00. The first-order chi connectivity index (χ1) is 12.8. The van der Waals surface area contributed by atoms with Crippen molar-refractivity contribution < 1.29 is 0 Å². The lowest BCUT2D eigenvalue weighted by Gasteiger charge is -2.15. The molecule has 0 nitrogen and oxygen atoms in total. The third kappa shape index (κ3) is 3.64. The van der Waals surface area contributed by atoms with Crippen molar-refractivity contribution in [2.24, 2.45) is 0 Å². The summed E-state index contributed by atoms with van der Waals surface area (Å²) in [6, 6.07) is 39.2. The monoisotopic (exact) mass is 350 g/mol. The van der Waals surface area contributed by atoms with Gasteiger partial charge in [-0.05, 0) is 32.9 Å². The fourth-order valence-electron chi connectivity index (χ4n) is 3.17. The van der Waals surface area contributed by atoms with Crippen molar-refractivity contribution in [3.8, 4) is 22.3 Å². The molecule has 0 aliphatic carbocycles.